The maximum absolute atomic E-state index is 12.2. The molecule has 1 aliphatic heterocycles. The van der Waals surface area contributed by atoms with E-state index in [9.17, 15) is 22.8 Å². The van der Waals surface area contributed by atoms with Gasteiger partial charge in [-0.25, -0.2) is 4.98 Å². The van der Waals surface area contributed by atoms with E-state index in [0.717, 1.165) is 0 Å². The summed E-state index contributed by atoms with van der Waals surface area (Å²) >= 11 is 0. The van der Waals surface area contributed by atoms with Gasteiger partial charge in [-0.3, -0.25) is 9.59 Å². The maximum Gasteiger partial charge on any atom is 0.405 e. The van der Waals surface area contributed by atoms with E-state index >= 15 is 0 Å². The smallest absolute Gasteiger partial charge is 0.356 e. The molecule has 2 amide bonds. The molecule has 2 rings (SSSR count). The lowest BCUT2D eigenvalue weighted by molar-refractivity contribution is -0.140. The van der Waals surface area contributed by atoms with Gasteiger partial charge in [0.05, 0.1) is 11.5 Å². The Balaban J connectivity index is 1.96. The minimum Gasteiger partial charge on any atom is -0.356 e. The number of carbonyl (C=O) groups excluding carboxylic acids is 2. The Hall–Kier alpha value is -2.32. The van der Waals surface area contributed by atoms with E-state index in [4.69, 9.17) is 0 Å². The lowest BCUT2D eigenvalue weighted by atomic mass is 9.97. The topological polar surface area (TPSA) is 74.3 Å². The third-order valence-electron chi connectivity index (χ3n) is 3.93. The zero-order valence-electron chi connectivity index (χ0n) is 13.9. The molecule has 1 aliphatic rings. The zero-order chi connectivity index (χ0) is 18.4. The Bertz CT molecular complexity index is 604. The fraction of sp³-hybridized carbons (Fsp3) is 0.562. The number of carbonyl (C=O) groups is 2. The number of nitrogens with one attached hydrogen (secondary N) is 2. The molecule has 0 spiro atoms. The fourth-order valence-corrected chi connectivity index (χ4v) is 2.70. The van der Waals surface area contributed by atoms with Crippen LogP contribution in [0.25, 0.3) is 0 Å². The van der Waals surface area contributed by atoms with Crippen LogP contribution < -0.4 is 15.5 Å². The van der Waals surface area contributed by atoms with Crippen LogP contribution in [0.3, 0.4) is 0 Å². The van der Waals surface area contributed by atoms with Crippen LogP contribution in [0.2, 0.25) is 0 Å². The van der Waals surface area contributed by atoms with Gasteiger partial charge in [0.1, 0.15) is 12.4 Å². The standard InChI is InChI=1S/C16H21F3N4O2/c1-2-20-14(24)11-5-6-13(21-8-11)23-7-3-4-12(9-23)15(25)22-10-16(17,18)19/h5-6,8,12H,2-4,7,9-10H2,1H3,(H,20,24)(H,22,25). The van der Waals surface area contributed by atoms with Crippen molar-refractivity contribution < 1.29 is 22.8 Å². The van der Waals surface area contributed by atoms with Crippen molar-refractivity contribution in [3.05, 3.63) is 23.9 Å². The molecule has 1 atom stereocenters. The molecular formula is C16H21F3N4O2. The average Bonchev–Trinajstić information content (AvgIpc) is 2.59. The summed E-state index contributed by atoms with van der Waals surface area (Å²) in [5.41, 5.74) is 0.432. The van der Waals surface area contributed by atoms with Gasteiger partial charge < -0.3 is 15.5 Å². The number of rotatable bonds is 5. The molecule has 0 radical (unpaired) electrons. The second kappa shape index (κ2) is 8.17. The number of piperidine rings is 1. The molecule has 2 heterocycles. The molecule has 0 aromatic carbocycles. The highest BCUT2D eigenvalue weighted by atomic mass is 19.4. The summed E-state index contributed by atoms with van der Waals surface area (Å²) in [4.78, 5) is 29.7. The third kappa shape index (κ3) is 5.61. The molecule has 1 aromatic rings. The zero-order valence-corrected chi connectivity index (χ0v) is 13.9. The Kier molecular flexibility index (Phi) is 6.22. The minimum atomic E-state index is -4.42. The van der Waals surface area contributed by atoms with Crippen LogP contribution in [-0.4, -0.2) is 49.2 Å². The molecule has 1 fully saturated rings. The van der Waals surface area contributed by atoms with Crippen LogP contribution in [-0.2, 0) is 4.79 Å². The molecule has 138 valence electrons. The van der Waals surface area contributed by atoms with Crippen LogP contribution in [0.15, 0.2) is 18.3 Å². The first-order valence-electron chi connectivity index (χ1n) is 8.14. The van der Waals surface area contributed by atoms with Crippen LogP contribution in [0.5, 0.6) is 0 Å². The van der Waals surface area contributed by atoms with E-state index in [1.807, 2.05) is 17.1 Å². The van der Waals surface area contributed by atoms with Gasteiger partial charge in [0.15, 0.2) is 0 Å². The van der Waals surface area contributed by atoms with Crippen molar-refractivity contribution in [1.29, 1.82) is 0 Å². The van der Waals surface area contributed by atoms with Crippen LogP contribution in [0, 0.1) is 5.92 Å². The second-order valence-electron chi connectivity index (χ2n) is 5.88. The van der Waals surface area contributed by atoms with Crippen molar-refractivity contribution in [2.24, 2.45) is 5.92 Å². The molecule has 1 saturated heterocycles. The van der Waals surface area contributed by atoms with Crippen molar-refractivity contribution in [3.63, 3.8) is 0 Å². The molecule has 0 saturated carbocycles. The molecule has 9 heteroatoms. The van der Waals surface area contributed by atoms with Crippen LogP contribution >= 0.6 is 0 Å². The number of hydrogen-bond acceptors (Lipinski definition) is 4. The van der Waals surface area contributed by atoms with Gasteiger partial charge in [-0.1, -0.05) is 0 Å². The minimum absolute atomic E-state index is 0.218. The summed E-state index contributed by atoms with van der Waals surface area (Å²) in [5.74, 6) is -0.729. The number of halogens is 3. The molecule has 6 nitrogen and oxygen atoms in total. The molecule has 25 heavy (non-hydrogen) atoms. The van der Waals surface area contributed by atoms with E-state index in [0.29, 0.717) is 43.9 Å². The summed E-state index contributed by atoms with van der Waals surface area (Å²) in [7, 11) is 0. The quantitative estimate of drug-likeness (QED) is 0.841. The van der Waals surface area contributed by atoms with Crippen molar-refractivity contribution >= 4 is 17.6 Å². The van der Waals surface area contributed by atoms with Gasteiger partial charge in [0, 0.05) is 25.8 Å². The summed E-state index contributed by atoms with van der Waals surface area (Å²) < 4.78 is 36.6. The Morgan fingerprint density at radius 2 is 2.08 bits per heavy atom. The number of pyridine rings is 1. The highest BCUT2D eigenvalue weighted by molar-refractivity contribution is 5.94. The summed E-state index contributed by atoms with van der Waals surface area (Å²) in [6.07, 6.45) is -1.74. The van der Waals surface area contributed by atoms with Crippen molar-refractivity contribution in [1.82, 2.24) is 15.6 Å². The molecule has 1 aromatic heterocycles. The lowest BCUT2D eigenvalue weighted by Crippen LogP contribution is -2.45. The number of alkyl halides is 3. The monoisotopic (exact) mass is 358 g/mol. The summed E-state index contributed by atoms with van der Waals surface area (Å²) in [6.45, 7) is 1.98. The third-order valence-corrected chi connectivity index (χ3v) is 3.93. The number of nitrogens with zero attached hydrogens (tertiary/aromatic N) is 2. The Morgan fingerprint density at radius 3 is 2.68 bits per heavy atom. The summed E-state index contributed by atoms with van der Waals surface area (Å²) in [5, 5.41) is 4.61. The Labute approximate surface area is 143 Å². The second-order valence-corrected chi connectivity index (χ2v) is 5.88. The largest absolute Gasteiger partial charge is 0.405 e. The number of amides is 2. The SMILES string of the molecule is CCNC(=O)c1ccc(N2CCCC(C(=O)NCC(F)(F)F)C2)nc1. The van der Waals surface area contributed by atoms with Gasteiger partial charge in [-0.05, 0) is 31.9 Å². The highest BCUT2D eigenvalue weighted by Gasteiger charge is 2.31. The van der Waals surface area contributed by atoms with Gasteiger partial charge in [0.25, 0.3) is 5.91 Å². The predicted octanol–water partition coefficient (Wildman–Crippen LogP) is 1.73. The molecule has 0 aliphatic carbocycles. The first kappa shape index (κ1) is 19.0. The fourth-order valence-electron chi connectivity index (χ4n) is 2.70. The molecular weight excluding hydrogens is 337 g/mol. The lowest BCUT2D eigenvalue weighted by Gasteiger charge is -2.33. The number of hydrogen-bond donors (Lipinski definition) is 2. The first-order valence-corrected chi connectivity index (χ1v) is 8.14. The molecule has 0 bridgehead atoms. The highest BCUT2D eigenvalue weighted by Crippen LogP contribution is 2.22. The van der Waals surface area contributed by atoms with Gasteiger partial charge in [0.2, 0.25) is 5.91 Å². The Morgan fingerprint density at radius 1 is 1.32 bits per heavy atom. The van der Waals surface area contributed by atoms with Crippen LogP contribution in [0.1, 0.15) is 30.1 Å². The maximum atomic E-state index is 12.2. The van der Waals surface area contributed by atoms with Crippen LogP contribution in [0.4, 0.5) is 19.0 Å². The van der Waals surface area contributed by atoms with Gasteiger partial charge >= 0.3 is 6.18 Å². The summed E-state index contributed by atoms with van der Waals surface area (Å²) in [6, 6.07) is 3.32. The van der Waals surface area contributed by atoms with E-state index in [-0.39, 0.29) is 5.91 Å². The molecule has 2 N–H and O–H groups in total. The van der Waals surface area contributed by atoms with E-state index < -0.39 is 24.5 Å². The number of aromatic nitrogens is 1. The average molecular weight is 358 g/mol. The number of anilines is 1. The normalized spacial score (nSPS) is 17.9. The predicted molar refractivity (Wildman–Crippen MR) is 86.2 cm³/mol. The first-order chi connectivity index (χ1) is 11.8. The molecule has 1 unspecified atom stereocenters. The van der Waals surface area contributed by atoms with Gasteiger partial charge in [-0.2, -0.15) is 13.2 Å². The van der Waals surface area contributed by atoms with Crippen molar-refractivity contribution in [3.8, 4) is 0 Å². The van der Waals surface area contributed by atoms with E-state index in [1.165, 1.54) is 6.20 Å². The van der Waals surface area contributed by atoms with E-state index in [2.05, 4.69) is 10.3 Å². The van der Waals surface area contributed by atoms with Crippen molar-refractivity contribution in [2.75, 3.05) is 31.1 Å². The van der Waals surface area contributed by atoms with Crippen molar-refractivity contribution in [2.45, 2.75) is 25.9 Å². The van der Waals surface area contributed by atoms with Gasteiger partial charge in [-0.15, -0.1) is 0 Å². The van der Waals surface area contributed by atoms with E-state index in [1.54, 1.807) is 12.1 Å².